The molecule has 0 radical (unpaired) electrons. The van der Waals surface area contributed by atoms with Crippen molar-refractivity contribution in [2.45, 2.75) is 26.3 Å². The lowest BCUT2D eigenvalue weighted by Crippen LogP contribution is -2.41. The summed E-state index contributed by atoms with van der Waals surface area (Å²) in [7, 11) is 1.78. The molecular weight excluding hydrogens is 192 g/mol. The van der Waals surface area contributed by atoms with Crippen molar-refractivity contribution in [2.24, 2.45) is 7.05 Å². The number of hydrogen-bond acceptors (Lipinski definition) is 3. The zero-order valence-electron chi connectivity index (χ0n) is 9.66. The largest absolute Gasteiger partial charge is 0.310 e. The van der Waals surface area contributed by atoms with Crippen molar-refractivity contribution >= 4 is 11.7 Å². The first-order valence-corrected chi connectivity index (χ1v) is 4.91. The predicted octanol–water partition coefficient (Wildman–Crippen LogP) is 0.747. The molecule has 1 heterocycles. The number of nitrogens with zero attached hydrogens (tertiary/aromatic N) is 2. The number of anilines is 1. The first kappa shape index (κ1) is 11.7. The Balaban J connectivity index is 2.41. The van der Waals surface area contributed by atoms with Crippen molar-refractivity contribution in [3.05, 3.63) is 12.3 Å². The van der Waals surface area contributed by atoms with Crippen molar-refractivity contribution < 1.29 is 4.79 Å². The number of nitrogens with one attached hydrogen (secondary N) is 2. The van der Waals surface area contributed by atoms with Gasteiger partial charge in [-0.3, -0.25) is 9.48 Å². The molecule has 5 nitrogen and oxygen atoms in total. The van der Waals surface area contributed by atoms with Crippen LogP contribution < -0.4 is 10.6 Å². The Morgan fingerprint density at radius 3 is 2.67 bits per heavy atom. The van der Waals surface area contributed by atoms with E-state index in [2.05, 4.69) is 15.7 Å². The standard InChI is InChI=1S/C10H18N4O/c1-10(2,3)11-7-9(15)13-8-5-6-12-14(8)4/h5-6,11H,7H2,1-4H3,(H,13,15). The molecule has 84 valence electrons. The van der Waals surface area contributed by atoms with Gasteiger partial charge >= 0.3 is 0 Å². The van der Waals surface area contributed by atoms with Crippen LogP contribution in [0.2, 0.25) is 0 Å². The van der Waals surface area contributed by atoms with Crippen LogP contribution in [0.15, 0.2) is 12.3 Å². The lowest BCUT2D eigenvalue weighted by molar-refractivity contribution is -0.115. The highest BCUT2D eigenvalue weighted by Crippen LogP contribution is 2.03. The van der Waals surface area contributed by atoms with Crippen LogP contribution in [0.25, 0.3) is 0 Å². The topological polar surface area (TPSA) is 59.0 Å². The summed E-state index contributed by atoms with van der Waals surface area (Å²) in [6, 6.07) is 1.76. The van der Waals surface area contributed by atoms with Gasteiger partial charge < -0.3 is 10.6 Å². The number of rotatable bonds is 3. The molecular formula is C10H18N4O. The molecule has 1 amide bonds. The second kappa shape index (κ2) is 4.44. The van der Waals surface area contributed by atoms with Crippen LogP contribution in [0, 0.1) is 0 Å². The molecule has 2 N–H and O–H groups in total. The molecule has 0 aliphatic heterocycles. The fourth-order valence-corrected chi connectivity index (χ4v) is 1.03. The summed E-state index contributed by atoms with van der Waals surface area (Å²) >= 11 is 0. The number of aromatic nitrogens is 2. The van der Waals surface area contributed by atoms with E-state index in [1.807, 2.05) is 20.8 Å². The summed E-state index contributed by atoms with van der Waals surface area (Å²) < 4.78 is 1.62. The number of carbonyl (C=O) groups excluding carboxylic acids is 1. The Bertz CT molecular complexity index is 337. The Morgan fingerprint density at radius 2 is 2.20 bits per heavy atom. The zero-order chi connectivity index (χ0) is 11.5. The second-order valence-electron chi connectivity index (χ2n) is 4.49. The lowest BCUT2D eigenvalue weighted by Gasteiger charge is -2.19. The lowest BCUT2D eigenvalue weighted by atomic mass is 10.1. The molecule has 5 heteroatoms. The van der Waals surface area contributed by atoms with Gasteiger partial charge in [0.25, 0.3) is 0 Å². The summed E-state index contributed by atoms with van der Waals surface area (Å²) in [5, 5.41) is 9.83. The molecule has 0 saturated heterocycles. The third-order valence-electron chi connectivity index (χ3n) is 1.87. The fourth-order valence-electron chi connectivity index (χ4n) is 1.03. The van der Waals surface area contributed by atoms with E-state index in [0.717, 1.165) is 0 Å². The number of hydrogen-bond donors (Lipinski definition) is 2. The zero-order valence-corrected chi connectivity index (χ0v) is 9.66. The van der Waals surface area contributed by atoms with Gasteiger partial charge in [-0.25, -0.2) is 0 Å². The maximum absolute atomic E-state index is 11.5. The van der Waals surface area contributed by atoms with E-state index in [0.29, 0.717) is 12.4 Å². The van der Waals surface area contributed by atoms with E-state index in [1.54, 1.807) is 24.0 Å². The average Bonchev–Trinajstić information content (AvgIpc) is 2.47. The van der Waals surface area contributed by atoms with Crippen LogP contribution in [-0.4, -0.2) is 27.8 Å². The molecule has 0 atom stereocenters. The second-order valence-corrected chi connectivity index (χ2v) is 4.49. The maximum atomic E-state index is 11.5. The van der Waals surface area contributed by atoms with E-state index in [9.17, 15) is 4.79 Å². The van der Waals surface area contributed by atoms with Gasteiger partial charge in [0.05, 0.1) is 12.7 Å². The molecule has 0 saturated carbocycles. The van der Waals surface area contributed by atoms with Crippen LogP contribution in [0.3, 0.4) is 0 Å². The Hall–Kier alpha value is -1.36. The number of carbonyl (C=O) groups is 1. The van der Waals surface area contributed by atoms with E-state index < -0.39 is 0 Å². The third kappa shape index (κ3) is 4.12. The molecule has 1 aromatic rings. The van der Waals surface area contributed by atoms with Crippen LogP contribution in [0.5, 0.6) is 0 Å². The van der Waals surface area contributed by atoms with Gasteiger partial charge in [-0.2, -0.15) is 5.10 Å². The smallest absolute Gasteiger partial charge is 0.239 e. The maximum Gasteiger partial charge on any atom is 0.239 e. The molecule has 0 aliphatic rings. The van der Waals surface area contributed by atoms with E-state index in [4.69, 9.17) is 0 Å². The highest BCUT2D eigenvalue weighted by molar-refractivity contribution is 5.91. The van der Waals surface area contributed by atoms with Gasteiger partial charge in [0.15, 0.2) is 0 Å². The Kier molecular flexibility index (Phi) is 3.47. The summed E-state index contributed by atoms with van der Waals surface area (Å²) in [4.78, 5) is 11.5. The molecule has 0 aromatic carbocycles. The van der Waals surface area contributed by atoms with Gasteiger partial charge in [0.1, 0.15) is 5.82 Å². The van der Waals surface area contributed by atoms with Crippen LogP contribution in [-0.2, 0) is 11.8 Å². The molecule has 0 spiro atoms. The Morgan fingerprint density at radius 1 is 1.53 bits per heavy atom. The quantitative estimate of drug-likeness (QED) is 0.774. The van der Waals surface area contributed by atoms with E-state index >= 15 is 0 Å². The predicted molar refractivity (Wildman–Crippen MR) is 59.6 cm³/mol. The molecule has 0 aliphatic carbocycles. The third-order valence-corrected chi connectivity index (χ3v) is 1.87. The van der Waals surface area contributed by atoms with Crippen LogP contribution in [0.1, 0.15) is 20.8 Å². The number of aryl methyl sites for hydroxylation is 1. The van der Waals surface area contributed by atoms with Crippen LogP contribution in [0.4, 0.5) is 5.82 Å². The molecule has 1 aromatic heterocycles. The minimum Gasteiger partial charge on any atom is -0.310 e. The van der Waals surface area contributed by atoms with Crippen molar-refractivity contribution in [1.82, 2.24) is 15.1 Å². The van der Waals surface area contributed by atoms with Gasteiger partial charge in [0.2, 0.25) is 5.91 Å². The molecule has 0 unspecified atom stereocenters. The highest BCUT2D eigenvalue weighted by atomic mass is 16.2. The molecule has 0 bridgehead atoms. The van der Waals surface area contributed by atoms with Crippen molar-refractivity contribution in [1.29, 1.82) is 0 Å². The van der Waals surface area contributed by atoms with Crippen molar-refractivity contribution in [2.75, 3.05) is 11.9 Å². The SMILES string of the molecule is Cn1nccc1NC(=O)CNC(C)(C)C. The summed E-state index contributed by atoms with van der Waals surface area (Å²) in [6.45, 7) is 6.35. The van der Waals surface area contributed by atoms with Crippen LogP contribution >= 0.6 is 0 Å². The molecule has 0 fully saturated rings. The van der Waals surface area contributed by atoms with Gasteiger partial charge in [-0.15, -0.1) is 0 Å². The minimum absolute atomic E-state index is 0.0518. The van der Waals surface area contributed by atoms with Crippen molar-refractivity contribution in [3.8, 4) is 0 Å². The first-order valence-electron chi connectivity index (χ1n) is 4.91. The van der Waals surface area contributed by atoms with Crippen molar-refractivity contribution in [3.63, 3.8) is 0 Å². The van der Waals surface area contributed by atoms with E-state index in [-0.39, 0.29) is 11.4 Å². The highest BCUT2D eigenvalue weighted by Gasteiger charge is 2.11. The fraction of sp³-hybridized carbons (Fsp3) is 0.600. The minimum atomic E-state index is -0.0616. The van der Waals surface area contributed by atoms with Gasteiger partial charge in [-0.05, 0) is 20.8 Å². The monoisotopic (exact) mass is 210 g/mol. The van der Waals surface area contributed by atoms with Gasteiger partial charge in [0, 0.05) is 18.7 Å². The molecule has 1 rings (SSSR count). The normalized spacial score (nSPS) is 11.5. The average molecular weight is 210 g/mol. The van der Waals surface area contributed by atoms with Gasteiger partial charge in [-0.1, -0.05) is 0 Å². The summed E-state index contributed by atoms with van der Waals surface area (Å²) in [5.41, 5.74) is -0.0518. The molecule has 15 heavy (non-hydrogen) atoms. The first-order chi connectivity index (χ1) is 6.88. The Labute approximate surface area is 89.9 Å². The summed E-state index contributed by atoms with van der Waals surface area (Å²) in [5.74, 6) is 0.643. The number of amides is 1. The summed E-state index contributed by atoms with van der Waals surface area (Å²) in [6.07, 6.45) is 1.65. The van der Waals surface area contributed by atoms with E-state index in [1.165, 1.54) is 0 Å².